The van der Waals surface area contributed by atoms with Gasteiger partial charge in [0.1, 0.15) is 16.9 Å². The van der Waals surface area contributed by atoms with Crippen molar-refractivity contribution in [2.75, 3.05) is 0 Å². The van der Waals surface area contributed by atoms with Gasteiger partial charge in [0.15, 0.2) is 0 Å². The molecule has 0 spiro atoms. The summed E-state index contributed by atoms with van der Waals surface area (Å²) >= 11 is 0. The number of aryl methyl sites for hydroxylation is 1. The molecule has 0 aliphatic rings. The van der Waals surface area contributed by atoms with Crippen LogP contribution in [0.3, 0.4) is 0 Å². The van der Waals surface area contributed by atoms with Crippen molar-refractivity contribution in [3.63, 3.8) is 0 Å². The first-order chi connectivity index (χ1) is 5.27. The second-order valence-electron chi connectivity index (χ2n) is 2.28. The van der Waals surface area contributed by atoms with Gasteiger partial charge < -0.3 is 4.98 Å². The van der Waals surface area contributed by atoms with Crippen molar-refractivity contribution in [1.82, 2.24) is 20.2 Å². The van der Waals surface area contributed by atoms with Crippen LogP contribution in [0.5, 0.6) is 0 Å². The molecule has 0 saturated heterocycles. The Morgan fingerprint density at radius 2 is 2.25 bits per heavy atom. The van der Waals surface area contributed by atoms with E-state index in [0.717, 1.165) is 0 Å². The van der Waals surface area contributed by atoms with Crippen LogP contribution in [0.4, 0.5) is 0 Å². The molecular weight excluding hydrogens is 252 g/mol. The zero-order valence-electron chi connectivity index (χ0n) is 6.18. The Bertz CT molecular complexity index is 446. The first-order valence-electron chi connectivity index (χ1n) is 3.17. The molecule has 5 nitrogen and oxygen atoms in total. The van der Waals surface area contributed by atoms with Crippen molar-refractivity contribution in [3.05, 3.63) is 22.4 Å². The molecule has 0 aliphatic carbocycles. The number of rotatable bonds is 0. The minimum absolute atomic E-state index is 0. The molecule has 0 unspecified atom stereocenters. The largest absolute Gasteiger partial charge is 0.309 e. The van der Waals surface area contributed by atoms with Crippen LogP contribution < -0.4 is 5.56 Å². The van der Waals surface area contributed by atoms with Crippen LogP contribution in [0.1, 0.15) is 5.82 Å². The van der Waals surface area contributed by atoms with Gasteiger partial charge in [0, 0.05) is 22.4 Å². The van der Waals surface area contributed by atoms with E-state index in [0.29, 0.717) is 16.9 Å². The molecular formula is C6H6AgN4O. The minimum atomic E-state index is -0.176. The van der Waals surface area contributed by atoms with Crippen molar-refractivity contribution in [3.8, 4) is 0 Å². The van der Waals surface area contributed by atoms with E-state index in [9.17, 15) is 4.79 Å². The van der Waals surface area contributed by atoms with Gasteiger partial charge in [-0.05, 0) is 6.92 Å². The van der Waals surface area contributed by atoms with E-state index in [1.807, 2.05) is 0 Å². The van der Waals surface area contributed by atoms with Gasteiger partial charge in [0.25, 0.3) is 5.56 Å². The van der Waals surface area contributed by atoms with Crippen molar-refractivity contribution >= 4 is 11.0 Å². The minimum Gasteiger partial charge on any atom is -0.309 e. The molecule has 0 atom stereocenters. The third kappa shape index (κ3) is 1.34. The van der Waals surface area contributed by atoms with Crippen LogP contribution >= 0.6 is 0 Å². The molecule has 0 aromatic carbocycles. The van der Waals surface area contributed by atoms with Crippen LogP contribution in [0.2, 0.25) is 0 Å². The summed E-state index contributed by atoms with van der Waals surface area (Å²) in [6.07, 6.45) is 1.53. The second-order valence-corrected chi connectivity index (χ2v) is 2.28. The summed E-state index contributed by atoms with van der Waals surface area (Å²) in [6.45, 7) is 1.73. The average Bonchev–Trinajstić information content (AvgIpc) is 2.34. The Balaban J connectivity index is 0.000000720. The monoisotopic (exact) mass is 257 g/mol. The molecule has 0 fully saturated rings. The molecule has 0 bridgehead atoms. The summed E-state index contributed by atoms with van der Waals surface area (Å²) in [5, 5.41) is 6.25. The molecule has 12 heavy (non-hydrogen) atoms. The van der Waals surface area contributed by atoms with Crippen molar-refractivity contribution < 1.29 is 22.4 Å². The molecule has 2 N–H and O–H groups in total. The fourth-order valence-corrected chi connectivity index (χ4v) is 0.967. The van der Waals surface area contributed by atoms with E-state index >= 15 is 0 Å². The fourth-order valence-electron chi connectivity index (χ4n) is 0.967. The number of aromatic amines is 2. The molecule has 67 valence electrons. The normalized spacial score (nSPS) is 9.75. The number of aromatic nitrogens is 4. The van der Waals surface area contributed by atoms with Gasteiger partial charge in [-0.2, -0.15) is 5.10 Å². The summed E-state index contributed by atoms with van der Waals surface area (Å²) < 4.78 is 0. The first kappa shape index (κ1) is 9.18. The number of hydrogen-bond acceptors (Lipinski definition) is 3. The Hall–Kier alpha value is -0.910. The van der Waals surface area contributed by atoms with Gasteiger partial charge in [-0.1, -0.05) is 0 Å². The van der Waals surface area contributed by atoms with E-state index in [2.05, 4.69) is 20.2 Å². The van der Waals surface area contributed by atoms with Gasteiger partial charge in [0.2, 0.25) is 0 Å². The van der Waals surface area contributed by atoms with Crippen LogP contribution in [-0.2, 0) is 22.4 Å². The van der Waals surface area contributed by atoms with Gasteiger partial charge in [-0.3, -0.25) is 9.89 Å². The summed E-state index contributed by atoms with van der Waals surface area (Å²) in [6, 6.07) is 0. The summed E-state index contributed by atoms with van der Waals surface area (Å²) in [7, 11) is 0. The summed E-state index contributed by atoms with van der Waals surface area (Å²) in [4.78, 5) is 17.7. The number of H-pyrrole nitrogens is 2. The Kier molecular flexibility index (Phi) is 2.46. The third-order valence-electron chi connectivity index (χ3n) is 1.43. The second kappa shape index (κ2) is 3.22. The predicted octanol–water partition coefficient (Wildman–Crippen LogP) is -0.0479. The molecule has 2 heterocycles. The Morgan fingerprint density at radius 3 is 3.00 bits per heavy atom. The van der Waals surface area contributed by atoms with E-state index in [4.69, 9.17) is 0 Å². The third-order valence-corrected chi connectivity index (χ3v) is 1.43. The zero-order valence-corrected chi connectivity index (χ0v) is 7.66. The zero-order chi connectivity index (χ0) is 7.84. The van der Waals surface area contributed by atoms with Crippen molar-refractivity contribution in [2.45, 2.75) is 6.92 Å². The smallest absolute Gasteiger partial charge is 0.276 e. The molecule has 6 heteroatoms. The van der Waals surface area contributed by atoms with Crippen molar-refractivity contribution in [1.29, 1.82) is 0 Å². The quantitative estimate of drug-likeness (QED) is 0.650. The number of nitrogens with zero attached hydrogens (tertiary/aromatic N) is 2. The van der Waals surface area contributed by atoms with Gasteiger partial charge in [0.05, 0.1) is 6.20 Å². The van der Waals surface area contributed by atoms with Crippen LogP contribution in [0, 0.1) is 6.92 Å². The fraction of sp³-hybridized carbons (Fsp3) is 0.167. The Labute approximate surface area is 83.1 Å². The maximum atomic E-state index is 11.1. The molecule has 0 saturated carbocycles. The maximum absolute atomic E-state index is 11.1. The topological polar surface area (TPSA) is 74.4 Å². The van der Waals surface area contributed by atoms with E-state index in [1.54, 1.807) is 6.92 Å². The van der Waals surface area contributed by atoms with E-state index in [-0.39, 0.29) is 27.9 Å². The molecule has 0 amide bonds. The number of fused-ring (bicyclic) bond motifs is 1. The molecule has 1 radical (unpaired) electrons. The summed E-state index contributed by atoms with van der Waals surface area (Å²) in [5.41, 5.74) is 0.854. The van der Waals surface area contributed by atoms with Crippen LogP contribution in [0.25, 0.3) is 11.0 Å². The summed E-state index contributed by atoms with van der Waals surface area (Å²) in [5.74, 6) is 0.601. The number of hydrogen-bond donors (Lipinski definition) is 2. The van der Waals surface area contributed by atoms with Gasteiger partial charge >= 0.3 is 0 Å². The number of nitrogens with one attached hydrogen (secondary N) is 2. The van der Waals surface area contributed by atoms with Gasteiger partial charge in [-0.25, -0.2) is 4.98 Å². The molecule has 2 rings (SSSR count). The van der Waals surface area contributed by atoms with Gasteiger partial charge in [-0.15, -0.1) is 0 Å². The SMILES string of the molecule is Cc1nc2cn[nH]c2c(=O)[nH]1.[Ag]. The van der Waals surface area contributed by atoms with Crippen LogP contribution in [0.15, 0.2) is 11.0 Å². The predicted molar refractivity (Wildman–Crippen MR) is 39.2 cm³/mol. The van der Waals surface area contributed by atoms with E-state index in [1.165, 1.54) is 6.20 Å². The van der Waals surface area contributed by atoms with Crippen molar-refractivity contribution in [2.24, 2.45) is 0 Å². The maximum Gasteiger partial charge on any atom is 0.276 e. The standard InChI is InChI=1S/C6H6N4O.Ag/c1-3-8-4-2-7-10-5(4)6(11)9-3;/h2H,1H3,(H,7,10)(H,8,9,11);. The Morgan fingerprint density at radius 1 is 1.50 bits per heavy atom. The average molecular weight is 258 g/mol. The molecule has 0 aliphatic heterocycles. The molecule has 2 aromatic rings. The molecule has 2 aromatic heterocycles. The first-order valence-corrected chi connectivity index (χ1v) is 3.17. The van der Waals surface area contributed by atoms with Crippen LogP contribution in [-0.4, -0.2) is 20.2 Å². The van der Waals surface area contributed by atoms with E-state index < -0.39 is 0 Å².